The molecule has 0 aromatic heterocycles. The molecule has 12 heteroatoms. The largest absolute Gasteiger partial charge is 0.465 e. The van der Waals surface area contributed by atoms with Crippen molar-refractivity contribution in [1.29, 1.82) is 0 Å². The Morgan fingerprint density at radius 3 is 2.49 bits per heavy atom. The highest BCUT2D eigenvalue weighted by molar-refractivity contribution is 5.89. The summed E-state index contributed by atoms with van der Waals surface area (Å²) < 4.78 is 10.7. The fraction of sp³-hybridized carbons (Fsp3) is 0.667. The first kappa shape index (κ1) is 32.6. The maximum Gasteiger partial charge on any atom is 0.328 e. The number of ether oxygens (including phenoxy) is 2. The number of aryl methyl sites for hydroxylation is 1. The third-order valence-electron chi connectivity index (χ3n) is 6.58. The number of amides is 1. The number of rotatable bonds is 19. The molecule has 0 radical (unpaired) electrons. The predicted octanol–water partition coefficient (Wildman–Crippen LogP) is 1.96. The molecule has 1 aromatic carbocycles. The number of nitrogens with one attached hydrogen (secondary N) is 1. The van der Waals surface area contributed by atoms with Gasteiger partial charge in [0.25, 0.3) is 0 Å². The molecule has 3 atom stereocenters. The van der Waals surface area contributed by atoms with Crippen LogP contribution in [0, 0.1) is 0 Å². The molecule has 1 aromatic rings. The topological polar surface area (TPSA) is 164 Å². The van der Waals surface area contributed by atoms with E-state index in [1.165, 1.54) is 0 Å². The van der Waals surface area contributed by atoms with Crippen molar-refractivity contribution in [2.75, 3.05) is 32.9 Å². The zero-order valence-electron chi connectivity index (χ0n) is 22.8. The van der Waals surface area contributed by atoms with E-state index in [-0.39, 0.29) is 31.1 Å². The van der Waals surface area contributed by atoms with Gasteiger partial charge in [0.05, 0.1) is 31.3 Å². The lowest BCUT2D eigenvalue weighted by atomic mass is 10.0. The molecular formula is C27H44N4O8. The smallest absolute Gasteiger partial charge is 0.328 e. The summed E-state index contributed by atoms with van der Waals surface area (Å²) in [5, 5.41) is 20.0. The van der Waals surface area contributed by atoms with Crippen LogP contribution in [0.2, 0.25) is 0 Å². The number of hydrogen-bond acceptors (Lipinski definition) is 11. The summed E-state index contributed by atoms with van der Waals surface area (Å²) in [5.41, 5.74) is 6.76. The molecule has 1 fully saturated rings. The molecule has 39 heavy (non-hydrogen) atoms. The van der Waals surface area contributed by atoms with Crippen LogP contribution in [-0.2, 0) is 35.1 Å². The Morgan fingerprint density at radius 2 is 1.79 bits per heavy atom. The summed E-state index contributed by atoms with van der Waals surface area (Å²) in [5.74, 6) is -1.11. The first-order valence-corrected chi connectivity index (χ1v) is 13.8. The average Bonchev–Trinajstić information content (AvgIpc) is 3.42. The molecule has 1 heterocycles. The van der Waals surface area contributed by atoms with Gasteiger partial charge in [-0.25, -0.2) is 4.79 Å². The summed E-state index contributed by atoms with van der Waals surface area (Å²) in [4.78, 5) is 45.4. The fourth-order valence-corrected chi connectivity index (χ4v) is 4.58. The van der Waals surface area contributed by atoms with Gasteiger partial charge in [-0.3, -0.25) is 30.2 Å². The van der Waals surface area contributed by atoms with Crippen molar-refractivity contribution < 1.29 is 39.1 Å². The van der Waals surface area contributed by atoms with Gasteiger partial charge in [-0.2, -0.15) is 0 Å². The van der Waals surface area contributed by atoms with Crippen molar-refractivity contribution in [1.82, 2.24) is 15.6 Å². The predicted molar refractivity (Wildman–Crippen MR) is 141 cm³/mol. The molecule has 5 N–H and O–H groups in total. The standard InChI is InChI=1S/C27H44N4O8/c1-2-37-26(33)23(16-15-21-11-4-3-5-12-21)29-22(13-6-7-17-28)25(32)30-18-10-14-24(30)27(34)38-19-8-9-20-39-31(35)36/h3-5,11-12,22-24,29,35-36H,2,6-10,13-20,28H2,1H3. The normalized spacial score (nSPS) is 16.7. The monoisotopic (exact) mass is 552 g/mol. The van der Waals surface area contributed by atoms with E-state index in [9.17, 15) is 14.4 Å². The lowest BCUT2D eigenvalue weighted by Gasteiger charge is -2.30. The number of nitrogens with two attached hydrogens (primary N) is 1. The second-order valence-electron chi connectivity index (χ2n) is 9.48. The first-order chi connectivity index (χ1) is 18.9. The molecule has 0 aliphatic carbocycles. The minimum absolute atomic E-state index is 0.0562. The molecule has 1 saturated heterocycles. The number of esters is 2. The number of carbonyl (C=O) groups is 3. The third-order valence-corrected chi connectivity index (χ3v) is 6.58. The lowest BCUT2D eigenvalue weighted by molar-refractivity contribution is -0.492. The lowest BCUT2D eigenvalue weighted by Crippen LogP contribution is -2.54. The number of unbranched alkanes of at least 4 members (excludes halogenated alkanes) is 2. The molecule has 2 rings (SSSR count). The van der Waals surface area contributed by atoms with Gasteiger partial charge in [0, 0.05) is 6.54 Å². The van der Waals surface area contributed by atoms with Crippen molar-refractivity contribution in [3.05, 3.63) is 35.9 Å². The average molecular weight is 553 g/mol. The number of nitrogens with zero attached hydrogens (tertiary/aromatic N) is 2. The summed E-state index contributed by atoms with van der Waals surface area (Å²) in [6, 6.07) is 7.76. The Bertz CT molecular complexity index is 857. The molecule has 1 aliphatic heterocycles. The Labute approximate surface area is 230 Å². The zero-order valence-corrected chi connectivity index (χ0v) is 22.8. The van der Waals surface area contributed by atoms with Gasteiger partial charge in [0.2, 0.25) is 5.91 Å². The van der Waals surface area contributed by atoms with E-state index in [0.29, 0.717) is 64.5 Å². The van der Waals surface area contributed by atoms with Crippen LogP contribution in [0.3, 0.4) is 0 Å². The fourth-order valence-electron chi connectivity index (χ4n) is 4.58. The molecular weight excluding hydrogens is 508 g/mol. The molecule has 1 aliphatic rings. The zero-order chi connectivity index (χ0) is 28.5. The van der Waals surface area contributed by atoms with Gasteiger partial charge in [0.15, 0.2) is 0 Å². The Hall–Kier alpha value is -2.61. The van der Waals surface area contributed by atoms with Crippen molar-refractivity contribution in [3.63, 3.8) is 0 Å². The van der Waals surface area contributed by atoms with Crippen molar-refractivity contribution in [2.24, 2.45) is 5.73 Å². The molecule has 0 spiro atoms. The van der Waals surface area contributed by atoms with E-state index >= 15 is 0 Å². The Balaban J connectivity index is 2.04. The van der Waals surface area contributed by atoms with E-state index < -0.39 is 30.1 Å². The maximum atomic E-state index is 13.7. The number of hydrogen-bond donors (Lipinski definition) is 4. The molecule has 220 valence electrons. The highest BCUT2D eigenvalue weighted by Crippen LogP contribution is 2.22. The second kappa shape index (κ2) is 18.6. The molecule has 0 saturated carbocycles. The second-order valence-corrected chi connectivity index (χ2v) is 9.48. The van der Waals surface area contributed by atoms with E-state index in [4.69, 9.17) is 25.6 Å². The van der Waals surface area contributed by atoms with Gasteiger partial charge >= 0.3 is 11.9 Å². The van der Waals surface area contributed by atoms with Crippen molar-refractivity contribution >= 4 is 17.8 Å². The van der Waals surface area contributed by atoms with Crippen LogP contribution < -0.4 is 11.1 Å². The summed E-state index contributed by atoms with van der Waals surface area (Å²) in [6.45, 7) is 3.09. The first-order valence-electron chi connectivity index (χ1n) is 13.8. The molecule has 1 amide bonds. The van der Waals surface area contributed by atoms with Crippen LogP contribution in [0.15, 0.2) is 30.3 Å². The number of carbonyl (C=O) groups excluding carboxylic acids is 3. The third kappa shape index (κ3) is 12.0. The van der Waals surface area contributed by atoms with E-state index in [1.54, 1.807) is 11.8 Å². The quantitative estimate of drug-likeness (QED) is 0.113. The summed E-state index contributed by atoms with van der Waals surface area (Å²) in [7, 11) is 0. The molecule has 0 bridgehead atoms. The van der Waals surface area contributed by atoms with Crippen molar-refractivity contribution in [2.45, 2.75) is 82.8 Å². The van der Waals surface area contributed by atoms with E-state index in [0.717, 1.165) is 12.0 Å². The van der Waals surface area contributed by atoms with Crippen LogP contribution in [0.1, 0.15) is 63.9 Å². The SMILES string of the molecule is CCOC(=O)C(CCc1ccccc1)NC(CCCCN)C(=O)N1CCCC1C(=O)OCCCCON(O)O. The van der Waals surface area contributed by atoms with Gasteiger partial charge in [0.1, 0.15) is 12.1 Å². The minimum atomic E-state index is -0.691. The van der Waals surface area contributed by atoms with Crippen LogP contribution in [0.25, 0.3) is 0 Å². The van der Waals surface area contributed by atoms with Gasteiger partial charge in [-0.05, 0) is 70.4 Å². The summed E-state index contributed by atoms with van der Waals surface area (Å²) >= 11 is 0. The Morgan fingerprint density at radius 1 is 1.05 bits per heavy atom. The van der Waals surface area contributed by atoms with Gasteiger partial charge in [-0.1, -0.05) is 36.8 Å². The van der Waals surface area contributed by atoms with Gasteiger partial charge < -0.3 is 20.1 Å². The summed E-state index contributed by atoms with van der Waals surface area (Å²) in [6.07, 6.45) is 5.09. The highest BCUT2D eigenvalue weighted by Gasteiger charge is 2.39. The van der Waals surface area contributed by atoms with Crippen LogP contribution in [-0.4, -0.2) is 89.6 Å². The highest BCUT2D eigenvalue weighted by atomic mass is 17.1. The number of benzene rings is 1. The number of likely N-dealkylation sites (tertiary alicyclic amines) is 1. The van der Waals surface area contributed by atoms with Crippen LogP contribution in [0.5, 0.6) is 0 Å². The minimum Gasteiger partial charge on any atom is -0.465 e. The van der Waals surface area contributed by atoms with Crippen LogP contribution in [0.4, 0.5) is 0 Å². The maximum absolute atomic E-state index is 13.7. The van der Waals surface area contributed by atoms with E-state index in [2.05, 4.69) is 10.2 Å². The Kier molecular flexibility index (Phi) is 15.6. The van der Waals surface area contributed by atoms with Gasteiger partial charge in [-0.15, -0.1) is 0 Å². The molecule has 3 unspecified atom stereocenters. The van der Waals surface area contributed by atoms with Crippen LogP contribution >= 0.6 is 0 Å². The molecule has 12 nitrogen and oxygen atoms in total. The van der Waals surface area contributed by atoms with Crippen molar-refractivity contribution in [3.8, 4) is 0 Å². The van der Waals surface area contributed by atoms with E-state index in [1.807, 2.05) is 30.3 Å².